The quantitative estimate of drug-likeness (QED) is 0.765. The zero-order valence-electron chi connectivity index (χ0n) is 9.64. The van der Waals surface area contributed by atoms with Crippen LogP contribution < -0.4 is 5.32 Å². The molecule has 18 heavy (non-hydrogen) atoms. The maximum Gasteiger partial charge on any atom is 0.162 e. The SMILES string of the molecule is CNc1nc(-c2ccsc2)nc2cc(F)ccc12. The van der Waals surface area contributed by atoms with Crippen LogP contribution in [0.5, 0.6) is 0 Å². The first kappa shape index (κ1) is 11.1. The third kappa shape index (κ3) is 1.82. The fourth-order valence-electron chi connectivity index (χ4n) is 1.81. The van der Waals surface area contributed by atoms with Crippen LogP contribution in [0.2, 0.25) is 0 Å². The molecule has 5 heteroatoms. The number of nitrogens with zero attached hydrogens (tertiary/aromatic N) is 2. The van der Waals surface area contributed by atoms with E-state index in [0.717, 1.165) is 10.9 Å². The molecule has 0 aliphatic rings. The lowest BCUT2D eigenvalue weighted by atomic mass is 10.2. The summed E-state index contributed by atoms with van der Waals surface area (Å²) in [6.45, 7) is 0. The van der Waals surface area contributed by atoms with Crippen LogP contribution in [0, 0.1) is 5.82 Å². The zero-order valence-corrected chi connectivity index (χ0v) is 10.5. The Morgan fingerprint density at radius 2 is 2.11 bits per heavy atom. The van der Waals surface area contributed by atoms with E-state index in [2.05, 4.69) is 15.3 Å². The second kappa shape index (κ2) is 4.34. The Morgan fingerprint density at radius 3 is 2.83 bits per heavy atom. The van der Waals surface area contributed by atoms with Crippen molar-refractivity contribution in [1.29, 1.82) is 0 Å². The molecule has 0 amide bonds. The summed E-state index contributed by atoms with van der Waals surface area (Å²) >= 11 is 1.58. The summed E-state index contributed by atoms with van der Waals surface area (Å²) in [6.07, 6.45) is 0. The van der Waals surface area contributed by atoms with Gasteiger partial charge in [-0.2, -0.15) is 11.3 Å². The van der Waals surface area contributed by atoms with Gasteiger partial charge in [0, 0.05) is 29.4 Å². The smallest absolute Gasteiger partial charge is 0.162 e. The zero-order chi connectivity index (χ0) is 12.5. The van der Waals surface area contributed by atoms with Gasteiger partial charge in [0.05, 0.1) is 5.52 Å². The molecule has 2 aromatic heterocycles. The number of aromatic nitrogens is 2. The van der Waals surface area contributed by atoms with Crippen LogP contribution in [0.1, 0.15) is 0 Å². The van der Waals surface area contributed by atoms with Crippen LogP contribution in [-0.2, 0) is 0 Å². The summed E-state index contributed by atoms with van der Waals surface area (Å²) in [4.78, 5) is 8.86. The number of rotatable bonds is 2. The summed E-state index contributed by atoms with van der Waals surface area (Å²) in [5.41, 5.74) is 1.55. The number of hydrogen-bond donors (Lipinski definition) is 1. The predicted molar refractivity (Wildman–Crippen MR) is 72.4 cm³/mol. The van der Waals surface area contributed by atoms with Crippen molar-refractivity contribution >= 4 is 28.1 Å². The van der Waals surface area contributed by atoms with Gasteiger partial charge in [0.25, 0.3) is 0 Å². The van der Waals surface area contributed by atoms with Crippen LogP contribution >= 0.6 is 11.3 Å². The Morgan fingerprint density at radius 1 is 1.22 bits per heavy atom. The van der Waals surface area contributed by atoms with Gasteiger partial charge in [-0.1, -0.05) is 0 Å². The van der Waals surface area contributed by atoms with E-state index in [-0.39, 0.29) is 5.82 Å². The van der Waals surface area contributed by atoms with Gasteiger partial charge in [-0.3, -0.25) is 0 Å². The number of halogens is 1. The third-order valence-corrected chi connectivity index (χ3v) is 3.36. The molecule has 0 unspecified atom stereocenters. The normalized spacial score (nSPS) is 10.8. The number of benzene rings is 1. The van der Waals surface area contributed by atoms with E-state index < -0.39 is 0 Å². The van der Waals surface area contributed by atoms with Crippen molar-refractivity contribution < 1.29 is 4.39 Å². The largest absolute Gasteiger partial charge is 0.373 e. The molecule has 0 spiro atoms. The first-order valence-electron chi connectivity index (χ1n) is 5.45. The highest BCUT2D eigenvalue weighted by Gasteiger charge is 2.09. The highest BCUT2D eigenvalue weighted by molar-refractivity contribution is 7.08. The molecular formula is C13H10FN3S. The Kier molecular flexibility index (Phi) is 2.68. The molecule has 90 valence electrons. The third-order valence-electron chi connectivity index (χ3n) is 2.68. The molecule has 0 fully saturated rings. The lowest BCUT2D eigenvalue weighted by Gasteiger charge is -2.07. The molecule has 3 rings (SSSR count). The lowest BCUT2D eigenvalue weighted by molar-refractivity contribution is 0.629. The first-order valence-corrected chi connectivity index (χ1v) is 6.40. The molecule has 3 aromatic rings. The molecule has 3 nitrogen and oxygen atoms in total. The van der Waals surface area contributed by atoms with Gasteiger partial charge in [0.1, 0.15) is 11.6 Å². The summed E-state index contributed by atoms with van der Waals surface area (Å²) < 4.78 is 13.3. The Balaban J connectivity index is 2.29. The average Bonchev–Trinajstić information content (AvgIpc) is 2.90. The minimum atomic E-state index is -0.292. The molecule has 1 N–H and O–H groups in total. The first-order chi connectivity index (χ1) is 8.78. The van der Waals surface area contributed by atoms with Crippen molar-refractivity contribution in [2.75, 3.05) is 12.4 Å². The van der Waals surface area contributed by atoms with Crippen LogP contribution in [0.3, 0.4) is 0 Å². The average molecular weight is 259 g/mol. The van der Waals surface area contributed by atoms with Crippen molar-refractivity contribution in [1.82, 2.24) is 9.97 Å². The molecule has 0 saturated carbocycles. The summed E-state index contributed by atoms with van der Waals surface area (Å²) in [5.74, 6) is 1.03. The second-order valence-corrected chi connectivity index (χ2v) is 4.60. The number of fused-ring (bicyclic) bond motifs is 1. The van der Waals surface area contributed by atoms with E-state index in [1.165, 1.54) is 12.1 Å². The molecule has 0 aliphatic heterocycles. The Bertz CT molecular complexity index is 695. The van der Waals surface area contributed by atoms with Crippen LogP contribution in [-0.4, -0.2) is 17.0 Å². The number of hydrogen-bond acceptors (Lipinski definition) is 4. The van der Waals surface area contributed by atoms with Crippen molar-refractivity contribution in [3.05, 3.63) is 40.8 Å². The highest BCUT2D eigenvalue weighted by atomic mass is 32.1. The van der Waals surface area contributed by atoms with Crippen LogP contribution in [0.25, 0.3) is 22.3 Å². The molecular weight excluding hydrogens is 249 g/mol. The maximum absolute atomic E-state index is 13.3. The van der Waals surface area contributed by atoms with E-state index in [9.17, 15) is 4.39 Å². The van der Waals surface area contributed by atoms with Crippen molar-refractivity contribution in [2.45, 2.75) is 0 Å². The summed E-state index contributed by atoms with van der Waals surface area (Å²) in [7, 11) is 1.79. The summed E-state index contributed by atoms with van der Waals surface area (Å²) in [6, 6.07) is 6.48. The van der Waals surface area contributed by atoms with Crippen LogP contribution in [0.15, 0.2) is 35.0 Å². The second-order valence-electron chi connectivity index (χ2n) is 3.82. The van der Waals surface area contributed by atoms with Gasteiger partial charge in [-0.05, 0) is 23.6 Å². The molecule has 0 saturated heterocycles. The van der Waals surface area contributed by atoms with E-state index in [0.29, 0.717) is 17.2 Å². The van der Waals surface area contributed by atoms with Crippen molar-refractivity contribution in [3.8, 4) is 11.4 Å². The van der Waals surface area contributed by atoms with Crippen molar-refractivity contribution in [2.24, 2.45) is 0 Å². The van der Waals surface area contributed by atoms with E-state index >= 15 is 0 Å². The molecule has 0 bridgehead atoms. The summed E-state index contributed by atoms with van der Waals surface area (Å²) in [5, 5.41) is 7.78. The molecule has 0 radical (unpaired) electrons. The van der Waals surface area contributed by atoms with Gasteiger partial charge in [-0.25, -0.2) is 14.4 Å². The monoisotopic (exact) mass is 259 g/mol. The fraction of sp³-hybridized carbons (Fsp3) is 0.0769. The van der Waals surface area contributed by atoms with Gasteiger partial charge in [0.2, 0.25) is 0 Å². The van der Waals surface area contributed by atoms with Crippen LogP contribution in [0.4, 0.5) is 10.2 Å². The van der Waals surface area contributed by atoms with Gasteiger partial charge >= 0.3 is 0 Å². The maximum atomic E-state index is 13.3. The minimum absolute atomic E-state index is 0.292. The standard InChI is InChI=1S/C13H10FN3S/c1-15-13-10-3-2-9(14)6-11(10)16-12(17-13)8-4-5-18-7-8/h2-7H,1H3,(H,15,16,17). The van der Waals surface area contributed by atoms with E-state index in [4.69, 9.17) is 0 Å². The number of nitrogens with one attached hydrogen (secondary N) is 1. The number of thiophene rings is 1. The molecule has 2 heterocycles. The van der Waals surface area contributed by atoms with Crippen molar-refractivity contribution in [3.63, 3.8) is 0 Å². The van der Waals surface area contributed by atoms with E-state index in [1.54, 1.807) is 24.5 Å². The minimum Gasteiger partial charge on any atom is -0.373 e. The van der Waals surface area contributed by atoms with Gasteiger partial charge in [-0.15, -0.1) is 0 Å². The van der Waals surface area contributed by atoms with Gasteiger partial charge in [0.15, 0.2) is 5.82 Å². The molecule has 0 atom stereocenters. The topological polar surface area (TPSA) is 37.8 Å². The lowest BCUT2D eigenvalue weighted by Crippen LogP contribution is -1.98. The fourth-order valence-corrected chi connectivity index (χ4v) is 2.45. The Hall–Kier alpha value is -2.01. The molecule has 1 aromatic carbocycles. The van der Waals surface area contributed by atoms with Gasteiger partial charge < -0.3 is 5.32 Å². The highest BCUT2D eigenvalue weighted by Crippen LogP contribution is 2.26. The molecule has 0 aliphatic carbocycles. The Labute approximate surface area is 107 Å². The number of anilines is 1. The van der Waals surface area contributed by atoms with E-state index in [1.807, 2.05) is 16.8 Å². The predicted octanol–water partition coefficient (Wildman–Crippen LogP) is 3.54.